The Morgan fingerprint density at radius 2 is 1.94 bits per heavy atom. The van der Waals surface area contributed by atoms with E-state index in [1.807, 2.05) is 34.1 Å². The molecule has 0 bridgehead atoms. The molecule has 2 saturated heterocycles. The molecular formula is C27H32FN7O. The maximum Gasteiger partial charge on any atom is 0.225 e. The lowest BCUT2D eigenvalue weighted by molar-refractivity contribution is -0.139. The number of piperidine rings is 1. The van der Waals surface area contributed by atoms with Crippen molar-refractivity contribution >= 4 is 16.9 Å². The summed E-state index contributed by atoms with van der Waals surface area (Å²) in [5.41, 5.74) is 2.62. The highest BCUT2D eigenvalue weighted by Crippen LogP contribution is 2.38. The first-order chi connectivity index (χ1) is 17.6. The van der Waals surface area contributed by atoms with Gasteiger partial charge in [0.25, 0.3) is 0 Å². The van der Waals surface area contributed by atoms with E-state index in [0.717, 1.165) is 61.2 Å². The number of nitriles is 1. The molecule has 1 N–H and O–H groups in total. The minimum Gasteiger partial charge on any atom is -0.346 e. The monoisotopic (exact) mass is 489 g/mol. The molecule has 3 aromatic heterocycles. The normalized spacial score (nSPS) is 24.9. The van der Waals surface area contributed by atoms with Gasteiger partial charge in [-0.1, -0.05) is 0 Å². The van der Waals surface area contributed by atoms with Crippen LogP contribution in [0.2, 0.25) is 0 Å². The average molecular weight is 490 g/mol. The number of nitrogens with zero attached hydrogens (tertiary/aromatic N) is 6. The van der Waals surface area contributed by atoms with Crippen LogP contribution in [0.25, 0.3) is 22.2 Å². The van der Waals surface area contributed by atoms with E-state index in [9.17, 15) is 14.4 Å². The Bertz CT molecular complexity index is 1270. The average Bonchev–Trinajstić information content (AvgIpc) is 3.56. The highest BCUT2D eigenvalue weighted by molar-refractivity contribution is 5.92. The highest BCUT2D eigenvalue weighted by atomic mass is 19.1. The van der Waals surface area contributed by atoms with E-state index in [2.05, 4.69) is 27.1 Å². The first kappa shape index (κ1) is 23.2. The van der Waals surface area contributed by atoms with E-state index in [1.54, 1.807) is 6.20 Å². The van der Waals surface area contributed by atoms with Crippen molar-refractivity contribution in [3.63, 3.8) is 0 Å². The van der Waals surface area contributed by atoms with Gasteiger partial charge in [-0.3, -0.25) is 14.4 Å². The number of fused-ring (bicyclic) bond motifs is 1. The third-order valence-corrected chi connectivity index (χ3v) is 8.54. The summed E-state index contributed by atoms with van der Waals surface area (Å²) >= 11 is 0. The molecule has 0 atom stereocenters. The Morgan fingerprint density at radius 1 is 1.17 bits per heavy atom. The molecule has 6 rings (SSSR count). The number of alkyl halides is 1. The van der Waals surface area contributed by atoms with Crippen LogP contribution in [0.1, 0.15) is 44.9 Å². The van der Waals surface area contributed by atoms with Crippen molar-refractivity contribution in [2.45, 2.75) is 62.7 Å². The summed E-state index contributed by atoms with van der Waals surface area (Å²) in [4.78, 5) is 24.9. The molecule has 3 aromatic rings. The summed E-state index contributed by atoms with van der Waals surface area (Å²) in [6.07, 6.45) is 11.6. The molecular weight excluding hydrogens is 457 g/mol. The second-order valence-electron chi connectivity index (χ2n) is 10.7. The largest absolute Gasteiger partial charge is 0.346 e. The molecule has 5 heterocycles. The number of pyridine rings is 1. The van der Waals surface area contributed by atoms with E-state index in [0.29, 0.717) is 38.1 Å². The summed E-state index contributed by atoms with van der Waals surface area (Å²) < 4.78 is 15.5. The van der Waals surface area contributed by atoms with Gasteiger partial charge in [-0.2, -0.15) is 10.4 Å². The lowest BCUT2D eigenvalue weighted by atomic mass is 9.83. The van der Waals surface area contributed by atoms with Crippen LogP contribution in [0.4, 0.5) is 4.39 Å². The molecule has 3 aliphatic rings. The van der Waals surface area contributed by atoms with Gasteiger partial charge in [0.15, 0.2) is 0 Å². The molecule has 0 radical (unpaired) electrons. The number of hydrogen-bond acceptors (Lipinski definition) is 5. The number of carbonyl (C=O) groups excluding carboxylic acids is 1. The van der Waals surface area contributed by atoms with Gasteiger partial charge >= 0.3 is 0 Å². The van der Waals surface area contributed by atoms with E-state index < -0.39 is 6.17 Å². The summed E-state index contributed by atoms with van der Waals surface area (Å²) in [7, 11) is 0. The fraction of sp³-hybridized carbons (Fsp3) is 0.556. The molecule has 1 aliphatic carbocycles. The van der Waals surface area contributed by atoms with Gasteiger partial charge in [0.2, 0.25) is 5.91 Å². The summed E-state index contributed by atoms with van der Waals surface area (Å²) in [6, 6.07) is 6.82. The van der Waals surface area contributed by atoms with Crippen LogP contribution < -0.4 is 0 Å². The number of hydrogen-bond donors (Lipinski definition) is 1. The van der Waals surface area contributed by atoms with Gasteiger partial charge in [0.05, 0.1) is 18.7 Å². The fourth-order valence-electron chi connectivity index (χ4n) is 6.40. The second-order valence-corrected chi connectivity index (χ2v) is 10.7. The number of likely N-dealkylation sites (tertiary alicyclic amines) is 2. The predicted octanol–water partition coefficient (Wildman–Crippen LogP) is 3.87. The molecule has 0 spiro atoms. The first-order valence-corrected chi connectivity index (χ1v) is 13.1. The van der Waals surface area contributed by atoms with Gasteiger partial charge < -0.3 is 9.88 Å². The van der Waals surface area contributed by atoms with E-state index >= 15 is 0 Å². The summed E-state index contributed by atoms with van der Waals surface area (Å²) in [5.74, 6) is 0.224. The number of H-pyrrole nitrogens is 1. The van der Waals surface area contributed by atoms with Crippen molar-refractivity contribution in [1.29, 1.82) is 5.26 Å². The van der Waals surface area contributed by atoms with Gasteiger partial charge in [-0.05, 0) is 56.2 Å². The van der Waals surface area contributed by atoms with Crippen LogP contribution in [-0.2, 0) is 10.3 Å². The maximum absolute atomic E-state index is 13.5. The maximum atomic E-state index is 13.5. The minimum absolute atomic E-state index is 0.00254. The number of aromatic nitrogens is 4. The van der Waals surface area contributed by atoms with Crippen molar-refractivity contribution in [3.05, 3.63) is 36.9 Å². The number of rotatable bonds is 5. The Kier molecular flexibility index (Phi) is 6.00. The lowest BCUT2D eigenvalue weighted by Crippen LogP contribution is -2.66. The van der Waals surface area contributed by atoms with E-state index in [4.69, 9.17) is 5.10 Å². The summed E-state index contributed by atoms with van der Waals surface area (Å²) in [6.45, 7) is 3.11. The number of amides is 1. The Hall–Kier alpha value is -3.25. The van der Waals surface area contributed by atoms with Crippen LogP contribution in [0, 0.1) is 17.2 Å². The Morgan fingerprint density at radius 3 is 2.69 bits per heavy atom. The third kappa shape index (κ3) is 4.07. The van der Waals surface area contributed by atoms with Gasteiger partial charge in [0.1, 0.15) is 17.4 Å². The van der Waals surface area contributed by atoms with Gasteiger partial charge in [0, 0.05) is 67.7 Å². The third-order valence-electron chi connectivity index (χ3n) is 8.54. The zero-order chi connectivity index (χ0) is 24.7. The molecule has 9 heteroatoms. The zero-order valence-corrected chi connectivity index (χ0v) is 20.4. The van der Waals surface area contributed by atoms with Crippen molar-refractivity contribution < 1.29 is 9.18 Å². The van der Waals surface area contributed by atoms with Crippen LogP contribution in [0.3, 0.4) is 0 Å². The molecule has 8 nitrogen and oxygen atoms in total. The lowest BCUT2D eigenvalue weighted by Gasteiger charge is -2.53. The smallest absolute Gasteiger partial charge is 0.225 e. The van der Waals surface area contributed by atoms with Crippen LogP contribution in [0.15, 0.2) is 36.9 Å². The molecule has 188 valence electrons. The van der Waals surface area contributed by atoms with Crippen molar-refractivity contribution in [2.75, 3.05) is 26.2 Å². The van der Waals surface area contributed by atoms with Crippen molar-refractivity contribution in [2.24, 2.45) is 5.92 Å². The predicted molar refractivity (Wildman–Crippen MR) is 134 cm³/mol. The molecule has 3 fully saturated rings. The first-order valence-electron chi connectivity index (χ1n) is 13.1. The molecule has 0 aromatic carbocycles. The molecule has 0 unspecified atom stereocenters. The van der Waals surface area contributed by atoms with Crippen LogP contribution in [-0.4, -0.2) is 73.8 Å². The number of aromatic amines is 1. The molecule has 1 amide bonds. The SMILES string of the molecule is N#CCC1(n2cc(-c3ccnc4[nH]ccc34)cn2)CN(C2CCN(C(=O)C3CCC(F)CC3)CC2)C1. The fourth-order valence-corrected chi connectivity index (χ4v) is 6.40. The van der Waals surface area contributed by atoms with E-state index in [1.165, 1.54) is 0 Å². The van der Waals surface area contributed by atoms with Gasteiger partial charge in [-0.15, -0.1) is 0 Å². The summed E-state index contributed by atoms with van der Waals surface area (Å²) in [5, 5.41) is 15.4. The quantitative estimate of drug-likeness (QED) is 0.587. The topological polar surface area (TPSA) is 93.8 Å². The van der Waals surface area contributed by atoms with Crippen molar-refractivity contribution in [3.8, 4) is 17.2 Å². The Balaban J connectivity index is 1.09. The highest BCUT2D eigenvalue weighted by Gasteiger charge is 2.48. The molecule has 2 aliphatic heterocycles. The second kappa shape index (κ2) is 9.32. The zero-order valence-electron chi connectivity index (χ0n) is 20.4. The standard InChI is InChI=1S/C27H32FN7O/c28-21-3-1-19(2-4-21)26(36)33-13-7-22(8-14-33)34-17-27(18-34,9-10-29)35-16-20(15-32-35)23-5-11-30-25-24(23)6-12-31-25/h5-6,11-12,15-16,19,21-22H,1-4,7-9,13-14,17-18H2,(H,30,31). The van der Waals surface area contributed by atoms with E-state index in [-0.39, 0.29) is 17.4 Å². The number of halogens is 1. The number of carbonyl (C=O) groups is 1. The molecule has 1 saturated carbocycles. The Labute approximate surface area is 210 Å². The minimum atomic E-state index is -0.731. The van der Waals surface area contributed by atoms with Crippen molar-refractivity contribution in [1.82, 2.24) is 29.5 Å². The van der Waals surface area contributed by atoms with Gasteiger partial charge in [-0.25, -0.2) is 9.37 Å². The molecule has 36 heavy (non-hydrogen) atoms. The number of nitrogens with one attached hydrogen (secondary N) is 1. The van der Waals surface area contributed by atoms with Crippen LogP contribution in [0.5, 0.6) is 0 Å². The van der Waals surface area contributed by atoms with Crippen LogP contribution >= 0.6 is 0 Å².